The topological polar surface area (TPSA) is 58.6 Å². The van der Waals surface area contributed by atoms with E-state index in [9.17, 15) is 4.79 Å². The van der Waals surface area contributed by atoms with E-state index in [0.717, 1.165) is 43.1 Å². The summed E-state index contributed by atoms with van der Waals surface area (Å²) < 4.78 is 6.09. The lowest BCUT2D eigenvalue weighted by atomic mass is 9.96. The summed E-state index contributed by atoms with van der Waals surface area (Å²) in [6.07, 6.45) is 5.24. The molecule has 0 N–H and O–H groups in total. The maximum Gasteiger partial charge on any atom is 0.227 e. The molecule has 2 fully saturated rings. The molecule has 0 spiro atoms. The number of anilines is 2. The molecule has 2 aliphatic rings. The van der Waals surface area contributed by atoms with E-state index in [-0.39, 0.29) is 17.8 Å². The highest BCUT2D eigenvalue weighted by molar-refractivity contribution is 5.76. The van der Waals surface area contributed by atoms with Gasteiger partial charge in [0.2, 0.25) is 5.95 Å². The number of carbonyl (C=O) groups is 1. The van der Waals surface area contributed by atoms with Crippen LogP contribution in [0, 0.1) is 5.92 Å². The van der Waals surface area contributed by atoms with Crippen LogP contribution >= 0.6 is 0 Å². The zero-order valence-corrected chi connectivity index (χ0v) is 17.5. The molecule has 2 aromatic rings. The van der Waals surface area contributed by atoms with Crippen LogP contribution in [0.1, 0.15) is 44.6 Å². The molecule has 4 rings (SSSR count). The largest absolute Gasteiger partial charge is 0.487 e. The first kappa shape index (κ1) is 19.7. The number of ether oxygens (including phenoxy) is 1. The smallest absolute Gasteiger partial charge is 0.227 e. The van der Waals surface area contributed by atoms with Crippen LogP contribution in [0.5, 0.6) is 5.75 Å². The standard InChI is InChI=1S/C23H30N4O2/c1-16(12-17(2)28)19-6-8-20(9-7-19)29-21-14-27(15-21)22-10-11-24-23(25-22)26(3)13-18-4-5-18/h6-11,16,18,21H,4-5,12-15H2,1-3H3/t16-/m1/s1. The van der Waals surface area contributed by atoms with Gasteiger partial charge in [-0.15, -0.1) is 0 Å². The molecule has 1 saturated heterocycles. The van der Waals surface area contributed by atoms with Gasteiger partial charge in [-0.25, -0.2) is 4.98 Å². The Hall–Kier alpha value is -2.63. The van der Waals surface area contributed by atoms with Crippen LogP contribution in [0.25, 0.3) is 0 Å². The molecule has 1 saturated carbocycles. The lowest BCUT2D eigenvalue weighted by Crippen LogP contribution is -2.54. The highest BCUT2D eigenvalue weighted by Gasteiger charge is 2.30. The average Bonchev–Trinajstić information content (AvgIpc) is 3.48. The van der Waals surface area contributed by atoms with E-state index >= 15 is 0 Å². The van der Waals surface area contributed by atoms with Crippen LogP contribution in [0.3, 0.4) is 0 Å². The Morgan fingerprint density at radius 1 is 1.24 bits per heavy atom. The van der Waals surface area contributed by atoms with Gasteiger partial charge in [-0.1, -0.05) is 19.1 Å². The van der Waals surface area contributed by atoms with Crippen molar-refractivity contribution in [1.29, 1.82) is 0 Å². The second-order valence-electron chi connectivity index (χ2n) is 8.56. The summed E-state index contributed by atoms with van der Waals surface area (Å²) in [5, 5.41) is 0. The predicted octanol–water partition coefficient (Wildman–Crippen LogP) is 3.67. The van der Waals surface area contributed by atoms with Crippen molar-refractivity contribution in [2.24, 2.45) is 5.92 Å². The van der Waals surface area contributed by atoms with Gasteiger partial charge >= 0.3 is 0 Å². The van der Waals surface area contributed by atoms with Crippen molar-refractivity contribution in [2.75, 3.05) is 36.5 Å². The number of benzene rings is 1. The number of ketones is 1. The second-order valence-corrected chi connectivity index (χ2v) is 8.56. The van der Waals surface area contributed by atoms with Crippen LogP contribution < -0.4 is 14.5 Å². The lowest BCUT2D eigenvalue weighted by Gasteiger charge is -2.40. The minimum absolute atomic E-state index is 0.165. The van der Waals surface area contributed by atoms with Gasteiger partial charge in [-0.3, -0.25) is 0 Å². The molecule has 1 aliphatic carbocycles. The molecule has 6 heteroatoms. The quantitative estimate of drug-likeness (QED) is 0.647. The Kier molecular flexibility index (Phi) is 5.69. The van der Waals surface area contributed by atoms with Crippen LogP contribution in [0.2, 0.25) is 0 Å². The van der Waals surface area contributed by atoms with Gasteiger partial charge in [-0.2, -0.15) is 4.98 Å². The van der Waals surface area contributed by atoms with Gasteiger partial charge in [0.25, 0.3) is 0 Å². The third kappa shape index (κ3) is 5.05. The molecule has 1 atom stereocenters. The van der Waals surface area contributed by atoms with Crippen molar-refractivity contribution in [3.8, 4) is 5.75 Å². The van der Waals surface area contributed by atoms with Gasteiger partial charge < -0.3 is 19.3 Å². The number of hydrogen-bond donors (Lipinski definition) is 0. The van der Waals surface area contributed by atoms with E-state index in [1.165, 1.54) is 18.4 Å². The van der Waals surface area contributed by atoms with Gasteiger partial charge in [0, 0.05) is 26.2 Å². The van der Waals surface area contributed by atoms with Gasteiger partial charge in [0.15, 0.2) is 0 Å². The molecule has 0 radical (unpaired) electrons. The highest BCUT2D eigenvalue weighted by Crippen LogP contribution is 2.31. The van der Waals surface area contributed by atoms with E-state index < -0.39 is 0 Å². The molecule has 1 aromatic heterocycles. The molecule has 29 heavy (non-hydrogen) atoms. The molecule has 1 aliphatic heterocycles. The Morgan fingerprint density at radius 3 is 2.62 bits per heavy atom. The Bertz CT molecular complexity index is 844. The molecule has 0 amide bonds. The maximum absolute atomic E-state index is 11.3. The Labute approximate surface area is 172 Å². The summed E-state index contributed by atoms with van der Waals surface area (Å²) >= 11 is 0. The molecular weight excluding hydrogens is 364 g/mol. The van der Waals surface area contributed by atoms with E-state index in [4.69, 9.17) is 9.72 Å². The van der Waals surface area contributed by atoms with Crippen molar-refractivity contribution in [2.45, 2.75) is 45.1 Å². The first-order valence-corrected chi connectivity index (χ1v) is 10.5. The zero-order chi connectivity index (χ0) is 20.4. The number of nitrogens with zero attached hydrogens (tertiary/aromatic N) is 4. The summed E-state index contributed by atoms with van der Waals surface area (Å²) in [5.41, 5.74) is 1.17. The first-order valence-electron chi connectivity index (χ1n) is 10.5. The number of Topliss-reactive ketones (excluding diaryl/α,β-unsaturated/α-hetero) is 1. The SMILES string of the molecule is CC(=O)C[C@@H](C)c1ccc(OC2CN(c3ccnc(N(C)CC4CC4)n3)C2)cc1. The predicted molar refractivity (Wildman–Crippen MR) is 115 cm³/mol. The third-order valence-corrected chi connectivity index (χ3v) is 5.72. The normalized spacial score (nSPS) is 17.6. The van der Waals surface area contributed by atoms with Crippen LogP contribution in [-0.4, -0.2) is 48.5 Å². The van der Waals surface area contributed by atoms with Crippen LogP contribution in [0.4, 0.5) is 11.8 Å². The van der Waals surface area contributed by atoms with Crippen molar-refractivity contribution in [1.82, 2.24) is 9.97 Å². The summed E-state index contributed by atoms with van der Waals surface area (Å²) in [5.74, 6) is 3.91. The number of hydrogen-bond acceptors (Lipinski definition) is 6. The lowest BCUT2D eigenvalue weighted by molar-refractivity contribution is -0.117. The van der Waals surface area contributed by atoms with Crippen molar-refractivity contribution in [3.05, 3.63) is 42.1 Å². The molecular formula is C23H30N4O2. The minimum atomic E-state index is 0.165. The van der Waals surface area contributed by atoms with Crippen molar-refractivity contribution >= 4 is 17.5 Å². The summed E-state index contributed by atoms with van der Waals surface area (Å²) in [4.78, 5) is 24.8. The molecule has 154 valence electrons. The van der Waals surface area contributed by atoms with Gasteiger partial charge in [0.1, 0.15) is 23.5 Å². The summed E-state index contributed by atoms with van der Waals surface area (Å²) in [7, 11) is 2.07. The van der Waals surface area contributed by atoms with Crippen molar-refractivity contribution < 1.29 is 9.53 Å². The van der Waals surface area contributed by atoms with Crippen LogP contribution in [0.15, 0.2) is 36.5 Å². The van der Waals surface area contributed by atoms with Crippen LogP contribution in [-0.2, 0) is 4.79 Å². The number of carbonyl (C=O) groups excluding carboxylic acids is 1. The summed E-state index contributed by atoms with van der Waals surface area (Å²) in [6.45, 7) is 6.41. The second kappa shape index (κ2) is 8.39. The number of aromatic nitrogens is 2. The highest BCUT2D eigenvalue weighted by atomic mass is 16.5. The minimum Gasteiger partial charge on any atom is -0.487 e. The fraction of sp³-hybridized carbons (Fsp3) is 0.522. The molecule has 1 aromatic carbocycles. The molecule has 6 nitrogen and oxygen atoms in total. The Balaban J connectivity index is 1.28. The van der Waals surface area contributed by atoms with Gasteiger partial charge in [-0.05, 0) is 55.4 Å². The monoisotopic (exact) mass is 394 g/mol. The molecule has 0 unspecified atom stereocenters. The fourth-order valence-electron chi connectivity index (χ4n) is 3.78. The average molecular weight is 395 g/mol. The van der Waals surface area contributed by atoms with E-state index in [1.54, 1.807) is 6.92 Å². The van der Waals surface area contributed by atoms with E-state index in [0.29, 0.717) is 6.42 Å². The fourth-order valence-corrected chi connectivity index (χ4v) is 3.78. The third-order valence-electron chi connectivity index (χ3n) is 5.72. The zero-order valence-electron chi connectivity index (χ0n) is 17.5. The molecule has 2 heterocycles. The Morgan fingerprint density at radius 2 is 1.97 bits per heavy atom. The van der Waals surface area contributed by atoms with E-state index in [1.807, 2.05) is 24.4 Å². The summed E-state index contributed by atoms with van der Waals surface area (Å²) in [6, 6.07) is 10.1. The van der Waals surface area contributed by atoms with Crippen molar-refractivity contribution in [3.63, 3.8) is 0 Å². The first-order chi connectivity index (χ1) is 14.0. The van der Waals surface area contributed by atoms with Gasteiger partial charge in [0.05, 0.1) is 13.1 Å². The number of rotatable bonds is 9. The molecule has 0 bridgehead atoms. The van der Waals surface area contributed by atoms with E-state index in [2.05, 4.69) is 40.9 Å². The maximum atomic E-state index is 11.3.